The van der Waals surface area contributed by atoms with E-state index in [4.69, 9.17) is 9.47 Å². The van der Waals surface area contributed by atoms with Crippen LogP contribution >= 0.6 is 0 Å². The van der Waals surface area contributed by atoms with Crippen LogP contribution in [0.4, 0.5) is 0 Å². The second-order valence-corrected chi connectivity index (χ2v) is 4.44. The summed E-state index contributed by atoms with van der Waals surface area (Å²) in [6.07, 6.45) is 4.53. The number of ether oxygens (including phenoxy) is 2. The summed E-state index contributed by atoms with van der Waals surface area (Å²) < 4.78 is 11.3. The highest BCUT2D eigenvalue weighted by molar-refractivity contribution is 5.77. The maximum absolute atomic E-state index is 10.7. The van der Waals surface area contributed by atoms with E-state index < -0.39 is 0 Å². The van der Waals surface area contributed by atoms with Gasteiger partial charge in [-0.2, -0.15) is 0 Å². The van der Waals surface area contributed by atoms with E-state index in [1.54, 1.807) is 6.07 Å². The first-order valence-electron chi connectivity index (χ1n) is 6.10. The first kappa shape index (κ1) is 12.1. The van der Waals surface area contributed by atoms with Crippen LogP contribution in [0.25, 0.3) is 0 Å². The van der Waals surface area contributed by atoms with E-state index >= 15 is 0 Å². The molecule has 0 bridgehead atoms. The number of hydrogen-bond acceptors (Lipinski definition) is 3. The zero-order valence-corrected chi connectivity index (χ0v) is 10.1. The minimum atomic E-state index is 0.217. The number of rotatable bonds is 4. The van der Waals surface area contributed by atoms with Crippen molar-refractivity contribution in [2.45, 2.75) is 32.3 Å². The largest absolute Gasteiger partial charge is 0.491 e. The Morgan fingerprint density at radius 2 is 2.35 bits per heavy atom. The molecule has 2 rings (SSSR count). The minimum Gasteiger partial charge on any atom is -0.491 e. The molecule has 0 radical (unpaired) electrons. The van der Waals surface area contributed by atoms with Gasteiger partial charge in [0.05, 0.1) is 6.10 Å². The zero-order valence-electron chi connectivity index (χ0n) is 10.1. The Labute approximate surface area is 102 Å². The maximum atomic E-state index is 10.7. The molecule has 1 aromatic carbocycles. The summed E-state index contributed by atoms with van der Waals surface area (Å²) in [5.74, 6) is 0.808. The third kappa shape index (κ3) is 3.30. The standard InChI is InChI=1S/C14H18O3/c1-11-8-13(6-5-12(11)9-15)17-10-14-4-2-3-7-16-14/h5-6,8-9,14H,2-4,7,10H2,1H3. The van der Waals surface area contributed by atoms with Crippen molar-refractivity contribution in [1.82, 2.24) is 0 Å². The lowest BCUT2D eigenvalue weighted by molar-refractivity contribution is -0.0110. The van der Waals surface area contributed by atoms with Crippen molar-refractivity contribution in [3.63, 3.8) is 0 Å². The van der Waals surface area contributed by atoms with Gasteiger partial charge in [-0.15, -0.1) is 0 Å². The molecule has 0 amide bonds. The SMILES string of the molecule is Cc1cc(OCC2CCCCO2)ccc1C=O. The predicted molar refractivity (Wildman–Crippen MR) is 65.7 cm³/mol. The van der Waals surface area contributed by atoms with E-state index in [1.807, 2.05) is 19.1 Å². The molecule has 1 unspecified atom stereocenters. The van der Waals surface area contributed by atoms with Crippen molar-refractivity contribution in [3.05, 3.63) is 29.3 Å². The van der Waals surface area contributed by atoms with Crippen LogP contribution < -0.4 is 4.74 Å². The Bertz CT molecular complexity index is 381. The summed E-state index contributed by atoms with van der Waals surface area (Å²) >= 11 is 0. The highest BCUT2D eigenvalue weighted by atomic mass is 16.5. The van der Waals surface area contributed by atoms with Gasteiger partial charge >= 0.3 is 0 Å². The molecule has 0 N–H and O–H groups in total. The second kappa shape index (κ2) is 5.82. The molecule has 3 heteroatoms. The summed E-state index contributed by atoms with van der Waals surface area (Å²) in [6.45, 7) is 3.35. The summed E-state index contributed by atoms with van der Waals surface area (Å²) in [4.78, 5) is 10.7. The van der Waals surface area contributed by atoms with Crippen LogP contribution in [0.15, 0.2) is 18.2 Å². The number of carbonyl (C=O) groups excluding carboxylic acids is 1. The van der Waals surface area contributed by atoms with Crippen LogP contribution in [0.1, 0.15) is 35.2 Å². The Morgan fingerprint density at radius 3 is 3.00 bits per heavy atom. The highest BCUT2D eigenvalue weighted by Crippen LogP contribution is 2.18. The van der Waals surface area contributed by atoms with E-state index in [0.29, 0.717) is 12.2 Å². The average molecular weight is 234 g/mol. The molecular weight excluding hydrogens is 216 g/mol. The summed E-state index contributed by atoms with van der Waals surface area (Å²) in [5, 5.41) is 0. The molecule has 1 saturated heterocycles. The molecule has 1 aromatic rings. The van der Waals surface area contributed by atoms with Crippen LogP contribution in [0.2, 0.25) is 0 Å². The molecule has 1 fully saturated rings. The van der Waals surface area contributed by atoms with Gasteiger partial charge in [0.1, 0.15) is 18.6 Å². The normalized spacial score (nSPS) is 19.9. The van der Waals surface area contributed by atoms with Crippen LogP contribution in [0.5, 0.6) is 5.75 Å². The topological polar surface area (TPSA) is 35.5 Å². The van der Waals surface area contributed by atoms with Crippen molar-refractivity contribution >= 4 is 6.29 Å². The Hall–Kier alpha value is -1.35. The van der Waals surface area contributed by atoms with E-state index in [9.17, 15) is 4.79 Å². The quantitative estimate of drug-likeness (QED) is 0.751. The molecule has 3 nitrogen and oxygen atoms in total. The zero-order chi connectivity index (χ0) is 12.1. The average Bonchev–Trinajstić information content (AvgIpc) is 2.38. The number of aryl methyl sites for hydroxylation is 1. The third-order valence-corrected chi connectivity index (χ3v) is 3.08. The molecule has 0 spiro atoms. The van der Waals surface area contributed by atoms with Gasteiger partial charge in [-0.1, -0.05) is 0 Å². The predicted octanol–water partition coefficient (Wildman–Crippen LogP) is 2.76. The van der Waals surface area contributed by atoms with Crippen molar-refractivity contribution < 1.29 is 14.3 Å². The molecule has 1 aliphatic rings. The van der Waals surface area contributed by atoms with Crippen LogP contribution in [-0.2, 0) is 4.74 Å². The van der Waals surface area contributed by atoms with E-state index in [1.165, 1.54) is 6.42 Å². The van der Waals surface area contributed by atoms with E-state index in [-0.39, 0.29) is 6.10 Å². The Kier molecular flexibility index (Phi) is 4.15. The van der Waals surface area contributed by atoms with Gasteiger partial charge in [-0.05, 0) is 49.9 Å². The van der Waals surface area contributed by atoms with Crippen molar-refractivity contribution in [3.8, 4) is 5.75 Å². The van der Waals surface area contributed by atoms with Gasteiger partial charge in [-0.25, -0.2) is 0 Å². The molecule has 92 valence electrons. The van der Waals surface area contributed by atoms with Gasteiger partial charge in [-0.3, -0.25) is 4.79 Å². The molecule has 17 heavy (non-hydrogen) atoms. The monoisotopic (exact) mass is 234 g/mol. The highest BCUT2D eigenvalue weighted by Gasteiger charge is 2.14. The molecule has 0 saturated carbocycles. The third-order valence-electron chi connectivity index (χ3n) is 3.08. The van der Waals surface area contributed by atoms with Crippen molar-refractivity contribution in [2.75, 3.05) is 13.2 Å². The molecule has 0 aromatic heterocycles. The molecule has 0 aliphatic carbocycles. The maximum Gasteiger partial charge on any atom is 0.150 e. The molecule has 1 heterocycles. The fourth-order valence-corrected chi connectivity index (χ4v) is 2.00. The first-order chi connectivity index (χ1) is 8.29. The Morgan fingerprint density at radius 1 is 1.47 bits per heavy atom. The number of carbonyl (C=O) groups is 1. The summed E-state index contributed by atoms with van der Waals surface area (Å²) in [6, 6.07) is 5.52. The number of aldehydes is 1. The lowest BCUT2D eigenvalue weighted by Gasteiger charge is -2.22. The van der Waals surface area contributed by atoms with E-state index in [0.717, 1.165) is 37.0 Å². The van der Waals surface area contributed by atoms with Gasteiger partial charge in [0.2, 0.25) is 0 Å². The van der Waals surface area contributed by atoms with Crippen molar-refractivity contribution in [1.29, 1.82) is 0 Å². The molecule has 1 aliphatic heterocycles. The second-order valence-electron chi connectivity index (χ2n) is 4.44. The van der Waals surface area contributed by atoms with Gasteiger partial charge in [0.15, 0.2) is 0 Å². The van der Waals surface area contributed by atoms with E-state index in [2.05, 4.69) is 0 Å². The van der Waals surface area contributed by atoms with Gasteiger partial charge < -0.3 is 9.47 Å². The molecular formula is C14H18O3. The summed E-state index contributed by atoms with van der Waals surface area (Å²) in [7, 11) is 0. The van der Waals surface area contributed by atoms with Crippen LogP contribution in [-0.4, -0.2) is 25.6 Å². The van der Waals surface area contributed by atoms with Gasteiger partial charge in [0, 0.05) is 12.2 Å². The lowest BCUT2D eigenvalue weighted by atomic mass is 10.1. The van der Waals surface area contributed by atoms with Crippen LogP contribution in [0.3, 0.4) is 0 Å². The fraction of sp³-hybridized carbons (Fsp3) is 0.500. The summed E-state index contributed by atoms with van der Waals surface area (Å²) in [5.41, 5.74) is 1.66. The van der Waals surface area contributed by atoms with Crippen molar-refractivity contribution in [2.24, 2.45) is 0 Å². The fourth-order valence-electron chi connectivity index (χ4n) is 2.00. The smallest absolute Gasteiger partial charge is 0.150 e. The first-order valence-corrected chi connectivity index (χ1v) is 6.10. The molecule has 1 atom stereocenters. The lowest BCUT2D eigenvalue weighted by Crippen LogP contribution is -2.25. The van der Waals surface area contributed by atoms with Gasteiger partial charge in [0.25, 0.3) is 0 Å². The number of benzene rings is 1. The minimum absolute atomic E-state index is 0.217. The number of hydrogen-bond donors (Lipinski definition) is 0. The van der Waals surface area contributed by atoms with Crippen LogP contribution in [0, 0.1) is 6.92 Å². The Balaban J connectivity index is 1.90.